The van der Waals surface area contributed by atoms with Gasteiger partial charge < -0.3 is 19.3 Å². The Kier molecular flexibility index (Phi) is 7.36. The fourth-order valence-corrected chi connectivity index (χ4v) is 6.74. The molecule has 188 valence electrons. The van der Waals surface area contributed by atoms with E-state index >= 15 is 0 Å². The van der Waals surface area contributed by atoms with Crippen LogP contribution in [0.3, 0.4) is 0 Å². The molecule has 1 N–H and O–H groups in total. The third kappa shape index (κ3) is 5.00. The van der Waals surface area contributed by atoms with E-state index < -0.39 is 40.9 Å². The minimum atomic E-state index is -1.35. The molecule has 2 aliphatic heterocycles. The Balaban J connectivity index is 2.15. The van der Waals surface area contributed by atoms with Crippen LogP contribution in [-0.4, -0.2) is 51.8 Å². The van der Waals surface area contributed by atoms with Crippen LogP contribution in [0.4, 0.5) is 0 Å². The number of rotatable bonds is 5. The van der Waals surface area contributed by atoms with Gasteiger partial charge >= 0.3 is 11.9 Å². The van der Waals surface area contributed by atoms with Crippen molar-refractivity contribution in [3.63, 3.8) is 0 Å². The molecule has 0 amide bonds. The summed E-state index contributed by atoms with van der Waals surface area (Å²) >= 11 is 0. The van der Waals surface area contributed by atoms with E-state index in [0.717, 1.165) is 6.42 Å². The molecule has 3 aliphatic rings. The van der Waals surface area contributed by atoms with Crippen LogP contribution in [0.1, 0.15) is 93.4 Å². The van der Waals surface area contributed by atoms with Crippen LogP contribution in [0.15, 0.2) is 0 Å². The SMILES string of the molecule is CCCC(=O)OC1(C)CCC2OC1C1C(C(C)C)CCC(C)(OC(C)=O)C1C(=O)CC2(C)O. The summed E-state index contributed by atoms with van der Waals surface area (Å²) in [5.74, 6) is -1.39. The molecule has 1 saturated carbocycles. The van der Waals surface area contributed by atoms with Gasteiger partial charge in [0.25, 0.3) is 0 Å². The van der Waals surface area contributed by atoms with Crippen LogP contribution < -0.4 is 0 Å². The third-order valence-electron chi connectivity index (χ3n) is 8.28. The molecule has 0 spiro atoms. The predicted octanol–water partition coefficient (Wildman–Crippen LogP) is 3.98. The van der Waals surface area contributed by atoms with E-state index in [1.807, 2.05) is 20.8 Å². The standard InChI is InChI=1S/C26H42O7/c1-8-9-20(29)33-26(7)13-11-19-24(5,30)14-18(28)22-21(23(26)31-19)17(15(2)3)10-12-25(22,6)32-16(4)27/h15,17,19,21-23,30H,8-14H2,1-7H3. The average molecular weight is 467 g/mol. The number of carbonyl (C=O) groups is 3. The molecule has 2 saturated heterocycles. The highest BCUT2D eigenvalue weighted by molar-refractivity contribution is 5.84. The summed E-state index contributed by atoms with van der Waals surface area (Å²) in [6.07, 6.45) is 2.21. The summed E-state index contributed by atoms with van der Waals surface area (Å²) in [4.78, 5) is 38.5. The first-order valence-corrected chi connectivity index (χ1v) is 12.6. The van der Waals surface area contributed by atoms with Gasteiger partial charge in [-0.2, -0.15) is 0 Å². The molecular weight excluding hydrogens is 424 g/mol. The predicted molar refractivity (Wildman–Crippen MR) is 122 cm³/mol. The second-order valence-corrected chi connectivity index (χ2v) is 11.5. The lowest BCUT2D eigenvalue weighted by Gasteiger charge is -2.58. The highest BCUT2D eigenvalue weighted by Gasteiger charge is 2.63. The number of ketones is 1. The summed E-state index contributed by atoms with van der Waals surface area (Å²) in [6.45, 7) is 12.9. The molecular formula is C26H42O7. The van der Waals surface area contributed by atoms with Gasteiger partial charge in [-0.1, -0.05) is 20.8 Å². The van der Waals surface area contributed by atoms with Crippen molar-refractivity contribution in [3.8, 4) is 0 Å². The first-order chi connectivity index (χ1) is 15.2. The first-order valence-electron chi connectivity index (χ1n) is 12.6. The second-order valence-electron chi connectivity index (χ2n) is 11.5. The van der Waals surface area contributed by atoms with Crippen molar-refractivity contribution in [1.29, 1.82) is 0 Å². The molecule has 0 aromatic heterocycles. The molecule has 3 rings (SSSR count). The minimum absolute atomic E-state index is 0.0560. The Morgan fingerprint density at radius 1 is 1.12 bits per heavy atom. The van der Waals surface area contributed by atoms with E-state index in [9.17, 15) is 19.5 Å². The number of carbonyl (C=O) groups excluding carboxylic acids is 3. The van der Waals surface area contributed by atoms with Crippen molar-refractivity contribution in [2.75, 3.05) is 0 Å². The number of Topliss-reactive ketones (excluding diaryl/α,β-unsaturated/α-hetero) is 1. The topological polar surface area (TPSA) is 99.1 Å². The fraction of sp³-hybridized carbons (Fsp3) is 0.885. The number of fused-ring (bicyclic) bond motifs is 4. The number of ether oxygens (including phenoxy) is 3. The molecule has 8 unspecified atom stereocenters. The maximum absolute atomic E-state index is 13.8. The van der Waals surface area contributed by atoms with Crippen molar-refractivity contribution in [2.24, 2.45) is 23.7 Å². The van der Waals surface area contributed by atoms with Crippen molar-refractivity contribution in [1.82, 2.24) is 0 Å². The van der Waals surface area contributed by atoms with Gasteiger partial charge in [0.05, 0.1) is 17.6 Å². The van der Waals surface area contributed by atoms with Gasteiger partial charge in [0.1, 0.15) is 23.1 Å². The van der Waals surface area contributed by atoms with Gasteiger partial charge in [-0.25, -0.2) is 0 Å². The fourth-order valence-electron chi connectivity index (χ4n) is 6.74. The van der Waals surface area contributed by atoms with E-state index in [-0.39, 0.29) is 35.9 Å². The Hall–Kier alpha value is -1.47. The Labute approximate surface area is 197 Å². The lowest BCUT2D eigenvalue weighted by molar-refractivity contribution is -0.269. The third-order valence-corrected chi connectivity index (χ3v) is 8.28. The molecule has 0 radical (unpaired) electrons. The molecule has 1 aliphatic carbocycles. The van der Waals surface area contributed by atoms with E-state index in [4.69, 9.17) is 14.2 Å². The highest BCUT2D eigenvalue weighted by Crippen LogP contribution is 2.55. The largest absolute Gasteiger partial charge is 0.459 e. The van der Waals surface area contributed by atoms with Crippen LogP contribution in [0.5, 0.6) is 0 Å². The van der Waals surface area contributed by atoms with Gasteiger partial charge in [0.2, 0.25) is 0 Å². The lowest BCUT2D eigenvalue weighted by Crippen LogP contribution is -2.67. The van der Waals surface area contributed by atoms with Crippen LogP contribution in [0.25, 0.3) is 0 Å². The smallest absolute Gasteiger partial charge is 0.306 e. The van der Waals surface area contributed by atoms with Gasteiger partial charge in [0.15, 0.2) is 0 Å². The summed E-state index contributed by atoms with van der Waals surface area (Å²) in [5.41, 5.74) is -3.28. The summed E-state index contributed by atoms with van der Waals surface area (Å²) < 4.78 is 18.5. The zero-order valence-corrected chi connectivity index (χ0v) is 21.3. The van der Waals surface area contributed by atoms with E-state index in [2.05, 4.69) is 13.8 Å². The molecule has 3 fully saturated rings. The zero-order chi connectivity index (χ0) is 24.8. The van der Waals surface area contributed by atoms with Gasteiger partial charge in [-0.3, -0.25) is 14.4 Å². The van der Waals surface area contributed by atoms with Gasteiger partial charge in [0, 0.05) is 25.7 Å². The normalized spacial score (nSPS) is 43.3. The number of esters is 2. The molecule has 2 bridgehead atoms. The van der Waals surface area contributed by atoms with Crippen LogP contribution in [0.2, 0.25) is 0 Å². The quantitative estimate of drug-likeness (QED) is 0.612. The number of aliphatic hydroxyl groups is 1. The first kappa shape index (κ1) is 26.1. The summed E-state index contributed by atoms with van der Waals surface area (Å²) in [5, 5.41) is 11.3. The summed E-state index contributed by atoms with van der Waals surface area (Å²) in [6, 6.07) is 0. The van der Waals surface area contributed by atoms with E-state index in [1.54, 1.807) is 6.92 Å². The molecule has 2 heterocycles. The maximum Gasteiger partial charge on any atom is 0.306 e. The Bertz CT molecular complexity index is 775. The second kappa shape index (κ2) is 9.29. The minimum Gasteiger partial charge on any atom is -0.459 e. The average Bonchev–Trinajstić information content (AvgIpc) is 2.65. The van der Waals surface area contributed by atoms with Gasteiger partial charge in [-0.05, 0) is 64.7 Å². The Morgan fingerprint density at radius 3 is 2.33 bits per heavy atom. The molecule has 7 heteroatoms. The van der Waals surface area contributed by atoms with Crippen LogP contribution in [-0.2, 0) is 28.6 Å². The van der Waals surface area contributed by atoms with E-state index in [0.29, 0.717) is 32.1 Å². The zero-order valence-electron chi connectivity index (χ0n) is 21.3. The van der Waals surface area contributed by atoms with Crippen molar-refractivity contribution >= 4 is 17.7 Å². The van der Waals surface area contributed by atoms with Crippen molar-refractivity contribution in [3.05, 3.63) is 0 Å². The summed E-state index contributed by atoms with van der Waals surface area (Å²) in [7, 11) is 0. The number of hydrogen-bond donors (Lipinski definition) is 1. The molecule has 33 heavy (non-hydrogen) atoms. The number of hydrogen-bond acceptors (Lipinski definition) is 7. The molecule has 8 atom stereocenters. The molecule has 7 nitrogen and oxygen atoms in total. The van der Waals surface area contributed by atoms with Crippen molar-refractivity contribution in [2.45, 2.75) is 122 Å². The van der Waals surface area contributed by atoms with Crippen LogP contribution >= 0.6 is 0 Å². The lowest BCUT2D eigenvalue weighted by atomic mass is 9.55. The monoisotopic (exact) mass is 466 g/mol. The molecule has 0 aromatic carbocycles. The molecule has 0 aromatic rings. The van der Waals surface area contributed by atoms with E-state index in [1.165, 1.54) is 6.92 Å². The van der Waals surface area contributed by atoms with Gasteiger partial charge in [-0.15, -0.1) is 0 Å². The van der Waals surface area contributed by atoms with Crippen molar-refractivity contribution < 1.29 is 33.7 Å². The Morgan fingerprint density at radius 2 is 1.76 bits per heavy atom. The highest BCUT2D eigenvalue weighted by atomic mass is 16.6. The maximum atomic E-state index is 13.8. The van der Waals surface area contributed by atoms with Crippen LogP contribution in [0, 0.1) is 23.7 Å².